The molecule has 3 nitrogen and oxygen atoms in total. The molecule has 1 rings (SSSR count). The molecule has 0 amide bonds. The quantitative estimate of drug-likeness (QED) is 0.790. The molecule has 1 N–H and O–H groups in total. The van der Waals surface area contributed by atoms with Crippen molar-refractivity contribution in [2.45, 2.75) is 59.0 Å². The van der Waals surface area contributed by atoms with Crippen LogP contribution in [0, 0.1) is 5.41 Å². The van der Waals surface area contributed by atoms with Gasteiger partial charge in [0.25, 0.3) is 0 Å². The maximum atomic E-state index is 5.43. The number of hydrogen-bond donors (Lipinski definition) is 1. The molecule has 1 fully saturated rings. The molecule has 1 heterocycles. The van der Waals surface area contributed by atoms with Crippen LogP contribution in [0.25, 0.3) is 0 Å². The van der Waals surface area contributed by atoms with E-state index in [1.807, 2.05) is 0 Å². The van der Waals surface area contributed by atoms with Gasteiger partial charge in [0, 0.05) is 25.3 Å². The summed E-state index contributed by atoms with van der Waals surface area (Å²) >= 11 is 0. The van der Waals surface area contributed by atoms with Crippen LogP contribution < -0.4 is 5.32 Å². The summed E-state index contributed by atoms with van der Waals surface area (Å²) in [6.45, 7) is 13.3. The Balaban J connectivity index is 2.36. The highest BCUT2D eigenvalue weighted by atomic mass is 16.5. The maximum absolute atomic E-state index is 5.43. The number of hydrogen-bond acceptors (Lipinski definition) is 3. The molecule has 0 aliphatic carbocycles. The predicted octanol–water partition coefficient (Wildman–Crippen LogP) is 2.51. The largest absolute Gasteiger partial charge is 0.381 e. The normalized spacial score (nSPS) is 20.3. The SMILES string of the molecule is CCNC(CCN(C)C1CCOCC1)C(C)(C)C. The summed E-state index contributed by atoms with van der Waals surface area (Å²) in [7, 11) is 2.27. The smallest absolute Gasteiger partial charge is 0.0480 e. The third kappa shape index (κ3) is 5.25. The van der Waals surface area contributed by atoms with Gasteiger partial charge in [-0.25, -0.2) is 0 Å². The van der Waals surface area contributed by atoms with Crippen LogP contribution in [-0.2, 0) is 4.74 Å². The Bertz CT molecular complexity index is 219. The highest BCUT2D eigenvalue weighted by Gasteiger charge is 2.25. The lowest BCUT2D eigenvalue weighted by Gasteiger charge is -2.36. The molecule has 1 aliphatic rings. The van der Waals surface area contributed by atoms with Crippen LogP contribution in [-0.4, -0.2) is 50.3 Å². The van der Waals surface area contributed by atoms with Gasteiger partial charge >= 0.3 is 0 Å². The van der Waals surface area contributed by atoms with Crippen LogP contribution in [0.2, 0.25) is 0 Å². The van der Waals surface area contributed by atoms with Crippen molar-refractivity contribution in [1.29, 1.82) is 0 Å². The highest BCUT2D eigenvalue weighted by Crippen LogP contribution is 2.23. The van der Waals surface area contributed by atoms with Gasteiger partial charge in [0.05, 0.1) is 0 Å². The third-order valence-corrected chi connectivity index (χ3v) is 4.08. The fourth-order valence-corrected chi connectivity index (χ4v) is 2.73. The minimum atomic E-state index is 0.340. The lowest BCUT2D eigenvalue weighted by Crippen LogP contribution is -2.44. The van der Waals surface area contributed by atoms with Crippen molar-refractivity contribution >= 4 is 0 Å². The highest BCUT2D eigenvalue weighted by molar-refractivity contribution is 4.82. The average molecular weight is 256 g/mol. The molecule has 18 heavy (non-hydrogen) atoms. The van der Waals surface area contributed by atoms with Crippen LogP contribution in [0.1, 0.15) is 47.0 Å². The molecule has 0 aromatic carbocycles. The zero-order valence-corrected chi connectivity index (χ0v) is 13.0. The molecule has 3 heteroatoms. The van der Waals surface area contributed by atoms with Gasteiger partial charge in [0.15, 0.2) is 0 Å². The first-order chi connectivity index (χ1) is 8.45. The second-order valence-electron chi connectivity index (χ2n) is 6.59. The summed E-state index contributed by atoms with van der Waals surface area (Å²) in [4.78, 5) is 2.53. The second-order valence-corrected chi connectivity index (χ2v) is 6.59. The van der Waals surface area contributed by atoms with Crippen LogP contribution in [0.5, 0.6) is 0 Å². The Morgan fingerprint density at radius 3 is 2.39 bits per heavy atom. The summed E-state index contributed by atoms with van der Waals surface area (Å²) in [6.07, 6.45) is 3.61. The van der Waals surface area contributed by atoms with Crippen molar-refractivity contribution in [3.8, 4) is 0 Å². The van der Waals surface area contributed by atoms with Gasteiger partial charge in [0.2, 0.25) is 0 Å². The lowest BCUT2D eigenvalue weighted by atomic mass is 9.84. The monoisotopic (exact) mass is 256 g/mol. The molecule has 108 valence electrons. The molecule has 1 atom stereocenters. The van der Waals surface area contributed by atoms with Crippen molar-refractivity contribution in [2.75, 3.05) is 33.4 Å². The Morgan fingerprint density at radius 1 is 1.28 bits per heavy atom. The Morgan fingerprint density at radius 2 is 1.89 bits per heavy atom. The Kier molecular flexibility index (Phi) is 6.61. The summed E-state index contributed by atoms with van der Waals surface area (Å²) in [5, 5.41) is 3.63. The van der Waals surface area contributed by atoms with Crippen LogP contribution in [0.4, 0.5) is 0 Å². The van der Waals surface area contributed by atoms with E-state index in [0.29, 0.717) is 11.5 Å². The average Bonchev–Trinajstić information content (AvgIpc) is 2.33. The Hall–Kier alpha value is -0.120. The van der Waals surface area contributed by atoms with Gasteiger partial charge < -0.3 is 15.0 Å². The first kappa shape index (κ1) is 15.9. The summed E-state index contributed by atoms with van der Waals surface area (Å²) in [6, 6.07) is 1.32. The van der Waals surface area contributed by atoms with E-state index in [9.17, 15) is 0 Å². The molecule has 0 spiro atoms. The molecule has 0 aromatic heterocycles. The maximum Gasteiger partial charge on any atom is 0.0480 e. The van der Waals surface area contributed by atoms with Gasteiger partial charge in [0.1, 0.15) is 0 Å². The first-order valence-electron chi connectivity index (χ1n) is 7.46. The van der Waals surface area contributed by atoms with Crippen molar-refractivity contribution in [3.05, 3.63) is 0 Å². The van der Waals surface area contributed by atoms with E-state index < -0.39 is 0 Å². The van der Waals surface area contributed by atoms with E-state index in [-0.39, 0.29) is 0 Å². The topological polar surface area (TPSA) is 24.5 Å². The summed E-state index contributed by atoms with van der Waals surface area (Å²) < 4.78 is 5.43. The van der Waals surface area contributed by atoms with E-state index in [1.54, 1.807) is 0 Å². The van der Waals surface area contributed by atoms with Crippen molar-refractivity contribution in [3.63, 3.8) is 0 Å². The van der Waals surface area contributed by atoms with Gasteiger partial charge in [-0.15, -0.1) is 0 Å². The molecule has 0 saturated carbocycles. The van der Waals surface area contributed by atoms with E-state index in [4.69, 9.17) is 4.74 Å². The standard InChI is InChI=1S/C15H32N2O/c1-6-16-14(15(2,3)4)7-10-17(5)13-8-11-18-12-9-13/h13-14,16H,6-12H2,1-5H3. The van der Waals surface area contributed by atoms with Gasteiger partial charge in [-0.1, -0.05) is 27.7 Å². The fraction of sp³-hybridized carbons (Fsp3) is 1.00. The van der Waals surface area contributed by atoms with Crippen LogP contribution in [0.3, 0.4) is 0 Å². The van der Waals surface area contributed by atoms with E-state index >= 15 is 0 Å². The number of rotatable bonds is 6. The van der Waals surface area contributed by atoms with E-state index in [1.165, 1.54) is 25.8 Å². The summed E-state index contributed by atoms with van der Waals surface area (Å²) in [5.74, 6) is 0. The molecular weight excluding hydrogens is 224 g/mol. The number of ether oxygens (including phenoxy) is 1. The minimum absolute atomic E-state index is 0.340. The summed E-state index contributed by atoms with van der Waals surface area (Å²) in [5.41, 5.74) is 0.340. The first-order valence-corrected chi connectivity index (χ1v) is 7.46. The zero-order chi connectivity index (χ0) is 13.6. The molecule has 0 radical (unpaired) electrons. The van der Waals surface area contributed by atoms with Gasteiger partial charge in [-0.3, -0.25) is 0 Å². The minimum Gasteiger partial charge on any atom is -0.381 e. The van der Waals surface area contributed by atoms with E-state index in [2.05, 4.69) is 45.0 Å². The molecular formula is C15H32N2O. The van der Waals surface area contributed by atoms with Crippen molar-refractivity contribution < 1.29 is 4.74 Å². The molecule has 1 saturated heterocycles. The van der Waals surface area contributed by atoms with E-state index in [0.717, 1.165) is 25.8 Å². The van der Waals surface area contributed by atoms with Crippen molar-refractivity contribution in [2.24, 2.45) is 5.41 Å². The molecule has 1 aliphatic heterocycles. The molecule has 0 aromatic rings. The lowest BCUT2D eigenvalue weighted by molar-refractivity contribution is 0.0405. The number of nitrogens with zero attached hydrogens (tertiary/aromatic N) is 1. The predicted molar refractivity (Wildman–Crippen MR) is 78.0 cm³/mol. The fourth-order valence-electron chi connectivity index (χ4n) is 2.73. The number of nitrogens with one attached hydrogen (secondary N) is 1. The second kappa shape index (κ2) is 7.46. The Labute approximate surface area is 113 Å². The van der Waals surface area contributed by atoms with Crippen LogP contribution >= 0.6 is 0 Å². The third-order valence-electron chi connectivity index (χ3n) is 4.08. The molecule has 0 bridgehead atoms. The van der Waals surface area contributed by atoms with Crippen molar-refractivity contribution in [1.82, 2.24) is 10.2 Å². The van der Waals surface area contributed by atoms with Gasteiger partial charge in [-0.05, 0) is 44.8 Å². The van der Waals surface area contributed by atoms with Crippen LogP contribution in [0.15, 0.2) is 0 Å². The molecule has 1 unspecified atom stereocenters. The zero-order valence-electron chi connectivity index (χ0n) is 13.0. The van der Waals surface area contributed by atoms with Gasteiger partial charge in [-0.2, -0.15) is 0 Å².